The number of urea groups is 1. The first-order valence-corrected chi connectivity index (χ1v) is 7.48. The highest BCUT2D eigenvalue weighted by Crippen LogP contribution is 2.22. The topological polar surface area (TPSA) is 60.9 Å². The van der Waals surface area contributed by atoms with Crippen LogP contribution in [-0.4, -0.2) is 46.5 Å². The maximum Gasteiger partial charge on any atom is 0.320 e. The molecule has 2 aliphatic rings. The van der Waals surface area contributed by atoms with E-state index in [0.717, 1.165) is 13.0 Å². The Bertz CT molecular complexity index is 550. The molecule has 21 heavy (non-hydrogen) atoms. The van der Waals surface area contributed by atoms with Crippen LogP contribution in [0, 0.1) is 5.92 Å². The minimum Gasteiger partial charge on any atom is -0.481 e. The minimum absolute atomic E-state index is 0.0494. The Hall–Kier alpha value is -2.04. The van der Waals surface area contributed by atoms with E-state index in [0.29, 0.717) is 32.5 Å². The van der Waals surface area contributed by atoms with Crippen molar-refractivity contribution >= 4 is 12.0 Å². The summed E-state index contributed by atoms with van der Waals surface area (Å²) in [5.41, 5.74) is 2.55. The van der Waals surface area contributed by atoms with Gasteiger partial charge in [-0.15, -0.1) is 0 Å². The van der Waals surface area contributed by atoms with Crippen LogP contribution in [0.15, 0.2) is 24.3 Å². The van der Waals surface area contributed by atoms with E-state index in [2.05, 4.69) is 12.1 Å². The number of hydrogen-bond donors (Lipinski definition) is 1. The van der Waals surface area contributed by atoms with Gasteiger partial charge in [0.25, 0.3) is 0 Å². The number of benzene rings is 1. The number of nitrogens with zero attached hydrogens (tertiary/aromatic N) is 2. The standard InChI is InChI=1S/C16H20N2O3/c19-15(20)13-6-8-17(9-7-13)16(21)18-10-5-12-3-1-2-4-14(12)11-18/h1-4,13H,5-11H2,(H,19,20). The quantitative estimate of drug-likeness (QED) is 0.859. The van der Waals surface area contributed by atoms with Crippen molar-refractivity contribution in [3.8, 4) is 0 Å². The number of rotatable bonds is 1. The van der Waals surface area contributed by atoms with Crippen molar-refractivity contribution in [1.82, 2.24) is 9.80 Å². The van der Waals surface area contributed by atoms with Crippen LogP contribution in [0.25, 0.3) is 0 Å². The molecule has 0 spiro atoms. The Labute approximate surface area is 124 Å². The molecule has 112 valence electrons. The van der Waals surface area contributed by atoms with Crippen molar-refractivity contribution in [3.05, 3.63) is 35.4 Å². The van der Waals surface area contributed by atoms with Crippen LogP contribution >= 0.6 is 0 Å². The van der Waals surface area contributed by atoms with E-state index in [1.54, 1.807) is 4.90 Å². The smallest absolute Gasteiger partial charge is 0.320 e. The fourth-order valence-corrected chi connectivity index (χ4v) is 3.18. The summed E-state index contributed by atoms with van der Waals surface area (Å²) >= 11 is 0. The molecule has 1 aromatic carbocycles. The second-order valence-electron chi connectivity index (χ2n) is 5.82. The second kappa shape index (κ2) is 5.76. The molecule has 5 nitrogen and oxygen atoms in total. The van der Waals surface area contributed by atoms with Gasteiger partial charge in [-0.05, 0) is 30.4 Å². The summed E-state index contributed by atoms with van der Waals surface area (Å²) in [4.78, 5) is 27.2. The lowest BCUT2D eigenvalue weighted by Gasteiger charge is -2.36. The molecule has 0 saturated carbocycles. The first kappa shape index (κ1) is 13.9. The molecule has 0 aromatic heterocycles. The number of carbonyl (C=O) groups is 2. The predicted octanol–water partition coefficient (Wildman–Crippen LogP) is 1.96. The van der Waals surface area contributed by atoms with Gasteiger partial charge >= 0.3 is 12.0 Å². The Balaban J connectivity index is 1.61. The normalized spacial score (nSPS) is 19.2. The molecule has 2 aliphatic heterocycles. The van der Waals surface area contributed by atoms with Gasteiger partial charge in [0, 0.05) is 26.2 Å². The van der Waals surface area contributed by atoms with E-state index < -0.39 is 5.97 Å². The van der Waals surface area contributed by atoms with Crippen LogP contribution in [0.3, 0.4) is 0 Å². The number of amides is 2. The fourth-order valence-electron chi connectivity index (χ4n) is 3.18. The maximum atomic E-state index is 12.5. The molecule has 1 fully saturated rings. The molecule has 0 unspecified atom stereocenters. The van der Waals surface area contributed by atoms with Gasteiger partial charge in [0.05, 0.1) is 5.92 Å². The number of hydrogen-bond acceptors (Lipinski definition) is 2. The van der Waals surface area contributed by atoms with Gasteiger partial charge in [0.15, 0.2) is 0 Å². The number of carboxylic acids is 1. The first-order valence-electron chi connectivity index (χ1n) is 7.48. The Kier molecular flexibility index (Phi) is 3.82. The average Bonchev–Trinajstić information content (AvgIpc) is 2.54. The SMILES string of the molecule is O=C(O)C1CCN(C(=O)N2CCc3ccccc3C2)CC1. The van der Waals surface area contributed by atoms with Crippen LogP contribution < -0.4 is 0 Å². The number of carboxylic acid groups (broad SMARTS) is 1. The molecule has 0 atom stereocenters. The fraction of sp³-hybridized carbons (Fsp3) is 0.500. The van der Waals surface area contributed by atoms with Crippen LogP contribution in [-0.2, 0) is 17.8 Å². The van der Waals surface area contributed by atoms with E-state index in [-0.39, 0.29) is 11.9 Å². The van der Waals surface area contributed by atoms with Gasteiger partial charge in [-0.3, -0.25) is 4.79 Å². The zero-order valence-electron chi connectivity index (χ0n) is 12.0. The minimum atomic E-state index is -0.742. The van der Waals surface area contributed by atoms with Crippen LogP contribution in [0.2, 0.25) is 0 Å². The third kappa shape index (κ3) is 2.86. The van der Waals surface area contributed by atoms with Gasteiger partial charge < -0.3 is 14.9 Å². The molecule has 0 radical (unpaired) electrons. The highest BCUT2D eigenvalue weighted by molar-refractivity contribution is 5.76. The molecule has 1 saturated heterocycles. The zero-order chi connectivity index (χ0) is 14.8. The van der Waals surface area contributed by atoms with Crippen molar-refractivity contribution < 1.29 is 14.7 Å². The summed E-state index contributed by atoms with van der Waals surface area (Å²) < 4.78 is 0. The van der Waals surface area contributed by atoms with Crippen molar-refractivity contribution in [1.29, 1.82) is 0 Å². The van der Waals surface area contributed by atoms with Crippen LogP contribution in [0.5, 0.6) is 0 Å². The molecule has 5 heteroatoms. The molecule has 1 aromatic rings. The van der Waals surface area contributed by atoms with Gasteiger partial charge in [0.2, 0.25) is 0 Å². The largest absolute Gasteiger partial charge is 0.481 e. The second-order valence-corrected chi connectivity index (χ2v) is 5.82. The molecule has 2 heterocycles. The first-order chi connectivity index (χ1) is 10.1. The molecule has 2 amide bonds. The van der Waals surface area contributed by atoms with Gasteiger partial charge in [-0.1, -0.05) is 24.3 Å². The van der Waals surface area contributed by atoms with Crippen molar-refractivity contribution in [3.63, 3.8) is 0 Å². The third-order valence-corrected chi connectivity index (χ3v) is 4.52. The summed E-state index contributed by atoms with van der Waals surface area (Å²) in [6.07, 6.45) is 2.02. The molecular weight excluding hydrogens is 268 g/mol. The van der Waals surface area contributed by atoms with Gasteiger partial charge in [0.1, 0.15) is 0 Å². The molecular formula is C16H20N2O3. The summed E-state index contributed by atoms with van der Waals surface area (Å²) in [7, 11) is 0. The van der Waals surface area contributed by atoms with E-state index in [1.807, 2.05) is 17.0 Å². The third-order valence-electron chi connectivity index (χ3n) is 4.52. The number of aliphatic carboxylic acids is 1. The van der Waals surface area contributed by atoms with Crippen molar-refractivity contribution in [2.24, 2.45) is 5.92 Å². The van der Waals surface area contributed by atoms with Crippen LogP contribution in [0.1, 0.15) is 24.0 Å². The predicted molar refractivity (Wildman–Crippen MR) is 77.9 cm³/mol. The molecule has 3 rings (SSSR count). The van der Waals surface area contributed by atoms with Crippen LogP contribution in [0.4, 0.5) is 4.79 Å². The molecule has 0 aliphatic carbocycles. The lowest BCUT2D eigenvalue weighted by atomic mass is 9.97. The van der Waals surface area contributed by atoms with E-state index >= 15 is 0 Å². The Morgan fingerprint density at radius 1 is 1.00 bits per heavy atom. The number of carbonyl (C=O) groups excluding carboxylic acids is 1. The lowest BCUT2D eigenvalue weighted by molar-refractivity contribution is -0.143. The average molecular weight is 288 g/mol. The summed E-state index contributed by atoms with van der Waals surface area (Å²) in [5, 5.41) is 9.01. The number of likely N-dealkylation sites (tertiary alicyclic amines) is 1. The number of fused-ring (bicyclic) bond motifs is 1. The van der Waals surface area contributed by atoms with E-state index in [1.165, 1.54) is 11.1 Å². The highest BCUT2D eigenvalue weighted by atomic mass is 16.4. The van der Waals surface area contributed by atoms with Gasteiger partial charge in [-0.25, -0.2) is 4.79 Å². The summed E-state index contributed by atoms with van der Waals surface area (Å²) in [6, 6.07) is 8.28. The summed E-state index contributed by atoms with van der Waals surface area (Å²) in [6.45, 7) is 2.50. The van der Waals surface area contributed by atoms with E-state index in [4.69, 9.17) is 5.11 Å². The van der Waals surface area contributed by atoms with Gasteiger partial charge in [-0.2, -0.15) is 0 Å². The lowest BCUT2D eigenvalue weighted by Crippen LogP contribution is -2.48. The number of piperidine rings is 1. The van der Waals surface area contributed by atoms with Crippen molar-refractivity contribution in [2.75, 3.05) is 19.6 Å². The molecule has 1 N–H and O–H groups in total. The molecule has 0 bridgehead atoms. The Morgan fingerprint density at radius 3 is 2.33 bits per heavy atom. The summed E-state index contributed by atoms with van der Waals surface area (Å²) in [5.74, 6) is -1.04. The highest BCUT2D eigenvalue weighted by Gasteiger charge is 2.30. The monoisotopic (exact) mass is 288 g/mol. The maximum absolute atomic E-state index is 12.5. The van der Waals surface area contributed by atoms with E-state index in [9.17, 15) is 9.59 Å². The van der Waals surface area contributed by atoms with Crippen molar-refractivity contribution in [2.45, 2.75) is 25.8 Å². The zero-order valence-corrected chi connectivity index (χ0v) is 12.0. The Morgan fingerprint density at radius 2 is 1.67 bits per heavy atom.